The molecule has 0 aliphatic carbocycles. The van der Waals surface area contributed by atoms with Crippen molar-refractivity contribution in [2.24, 2.45) is 0 Å². The van der Waals surface area contributed by atoms with E-state index in [2.05, 4.69) is 17.6 Å². The minimum atomic E-state index is -0.123. The molecule has 1 amide bonds. The normalized spacial score (nSPS) is 10.2. The van der Waals surface area contributed by atoms with Gasteiger partial charge in [-0.3, -0.25) is 4.79 Å². The quantitative estimate of drug-likeness (QED) is 0.839. The van der Waals surface area contributed by atoms with Crippen LogP contribution in [0.4, 0.5) is 11.4 Å². The highest BCUT2D eigenvalue weighted by Crippen LogP contribution is 2.18. The molecule has 0 heterocycles. The Balaban J connectivity index is 2.08. The molecule has 2 rings (SSSR count). The first kappa shape index (κ1) is 15.4. The van der Waals surface area contributed by atoms with Gasteiger partial charge in [0.25, 0.3) is 5.91 Å². The maximum Gasteiger partial charge on any atom is 0.255 e. The second-order valence-corrected chi connectivity index (χ2v) is 5.35. The fourth-order valence-corrected chi connectivity index (χ4v) is 2.13. The van der Waals surface area contributed by atoms with E-state index in [1.165, 1.54) is 0 Å². The third-order valence-corrected chi connectivity index (χ3v) is 3.41. The van der Waals surface area contributed by atoms with Gasteiger partial charge in [-0.2, -0.15) is 0 Å². The number of anilines is 2. The van der Waals surface area contributed by atoms with Crippen molar-refractivity contribution in [1.82, 2.24) is 0 Å². The maximum atomic E-state index is 12.2. The fraction of sp³-hybridized carbons (Fsp3) is 0.235. The molecule has 0 bridgehead atoms. The van der Waals surface area contributed by atoms with Gasteiger partial charge in [-0.15, -0.1) is 0 Å². The van der Waals surface area contributed by atoms with Gasteiger partial charge in [0.05, 0.1) is 0 Å². The van der Waals surface area contributed by atoms with Crippen molar-refractivity contribution in [2.45, 2.75) is 20.3 Å². The van der Waals surface area contributed by atoms with Crippen LogP contribution in [-0.2, 0) is 0 Å². The van der Waals surface area contributed by atoms with Crippen LogP contribution in [0.2, 0.25) is 5.02 Å². The van der Waals surface area contributed by atoms with E-state index in [0.29, 0.717) is 10.6 Å². The van der Waals surface area contributed by atoms with E-state index in [1.807, 2.05) is 25.1 Å². The molecule has 0 atom stereocenters. The summed E-state index contributed by atoms with van der Waals surface area (Å²) < 4.78 is 0. The summed E-state index contributed by atoms with van der Waals surface area (Å²) in [5, 5.41) is 6.84. The third kappa shape index (κ3) is 4.23. The highest BCUT2D eigenvalue weighted by atomic mass is 35.5. The van der Waals surface area contributed by atoms with Crippen molar-refractivity contribution in [3.05, 3.63) is 58.6 Å². The zero-order chi connectivity index (χ0) is 15.2. The lowest BCUT2D eigenvalue weighted by atomic mass is 10.1. The summed E-state index contributed by atoms with van der Waals surface area (Å²) in [4.78, 5) is 12.2. The number of benzene rings is 2. The van der Waals surface area contributed by atoms with Gasteiger partial charge in [-0.25, -0.2) is 0 Å². The van der Waals surface area contributed by atoms with Crippen molar-refractivity contribution in [3.8, 4) is 0 Å². The molecule has 0 unspecified atom stereocenters. The highest BCUT2D eigenvalue weighted by molar-refractivity contribution is 6.30. The van der Waals surface area contributed by atoms with Crippen molar-refractivity contribution < 1.29 is 4.79 Å². The Morgan fingerprint density at radius 1 is 1.14 bits per heavy atom. The van der Waals surface area contributed by atoms with Gasteiger partial charge in [-0.05, 0) is 61.4 Å². The highest BCUT2D eigenvalue weighted by Gasteiger charge is 2.08. The van der Waals surface area contributed by atoms with Crippen molar-refractivity contribution in [2.75, 3.05) is 17.2 Å². The molecular formula is C17H19ClN2O. The first-order chi connectivity index (χ1) is 10.1. The number of hydrogen-bond donors (Lipinski definition) is 2. The van der Waals surface area contributed by atoms with Gasteiger partial charge in [0.2, 0.25) is 0 Å². The van der Waals surface area contributed by atoms with Crippen LogP contribution >= 0.6 is 11.6 Å². The summed E-state index contributed by atoms with van der Waals surface area (Å²) in [7, 11) is 0. The molecule has 2 N–H and O–H groups in total. The molecule has 0 fully saturated rings. The zero-order valence-corrected chi connectivity index (χ0v) is 13.0. The molecule has 0 aliphatic rings. The number of amides is 1. The van der Waals surface area contributed by atoms with E-state index < -0.39 is 0 Å². The van der Waals surface area contributed by atoms with E-state index in [9.17, 15) is 4.79 Å². The summed E-state index contributed by atoms with van der Waals surface area (Å²) in [5.74, 6) is -0.123. The molecule has 0 spiro atoms. The molecule has 21 heavy (non-hydrogen) atoms. The van der Waals surface area contributed by atoms with Crippen LogP contribution < -0.4 is 10.6 Å². The molecule has 2 aromatic carbocycles. The monoisotopic (exact) mass is 302 g/mol. The summed E-state index contributed by atoms with van der Waals surface area (Å²) in [6.07, 6.45) is 1.07. The molecule has 4 heteroatoms. The molecule has 2 aromatic rings. The van der Waals surface area contributed by atoms with Gasteiger partial charge in [0, 0.05) is 28.5 Å². The Kier molecular flexibility index (Phi) is 5.23. The number of nitrogens with one attached hydrogen (secondary N) is 2. The van der Waals surface area contributed by atoms with E-state index in [1.54, 1.807) is 24.3 Å². The number of carbonyl (C=O) groups is 1. The Labute approximate surface area is 130 Å². The minimum absolute atomic E-state index is 0.123. The topological polar surface area (TPSA) is 41.1 Å². The lowest BCUT2D eigenvalue weighted by Gasteiger charge is -2.11. The maximum absolute atomic E-state index is 12.2. The van der Waals surface area contributed by atoms with Crippen molar-refractivity contribution in [3.63, 3.8) is 0 Å². The summed E-state index contributed by atoms with van der Waals surface area (Å²) in [5.41, 5.74) is 3.51. The molecule has 110 valence electrons. The number of aryl methyl sites for hydroxylation is 1. The standard InChI is InChI=1S/C17H19ClN2O/c1-3-10-19-16-9-4-13(11-12(16)2)17(21)20-15-7-5-14(18)6-8-15/h4-9,11,19H,3,10H2,1-2H3,(H,20,21). The van der Waals surface area contributed by atoms with Crippen molar-refractivity contribution in [1.29, 1.82) is 0 Å². The van der Waals surface area contributed by atoms with Crippen LogP contribution in [-0.4, -0.2) is 12.5 Å². The fourth-order valence-electron chi connectivity index (χ4n) is 2.00. The number of rotatable bonds is 5. The predicted molar refractivity (Wildman–Crippen MR) is 89.4 cm³/mol. The van der Waals surface area contributed by atoms with E-state index in [-0.39, 0.29) is 5.91 Å². The Morgan fingerprint density at radius 2 is 1.86 bits per heavy atom. The van der Waals surface area contributed by atoms with Crippen LogP contribution in [0.5, 0.6) is 0 Å². The number of halogens is 1. The number of carbonyl (C=O) groups excluding carboxylic acids is 1. The largest absolute Gasteiger partial charge is 0.385 e. The van der Waals surface area contributed by atoms with E-state index in [4.69, 9.17) is 11.6 Å². The average molecular weight is 303 g/mol. The van der Waals surface area contributed by atoms with E-state index in [0.717, 1.165) is 29.9 Å². The van der Waals surface area contributed by atoms with Gasteiger partial charge >= 0.3 is 0 Å². The second kappa shape index (κ2) is 7.14. The summed E-state index contributed by atoms with van der Waals surface area (Å²) >= 11 is 5.83. The summed E-state index contributed by atoms with van der Waals surface area (Å²) in [6, 6.07) is 12.7. The molecule has 0 saturated heterocycles. The lowest BCUT2D eigenvalue weighted by Crippen LogP contribution is -2.12. The third-order valence-electron chi connectivity index (χ3n) is 3.16. The smallest absolute Gasteiger partial charge is 0.255 e. The van der Waals surface area contributed by atoms with Crippen LogP contribution in [0, 0.1) is 6.92 Å². The number of hydrogen-bond acceptors (Lipinski definition) is 2. The van der Waals surface area contributed by atoms with Crippen LogP contribution in [0.1, 0.15) is 29.3 Å². The Bertz CT molecular complexity index is 623. The molecule has 0 radical (unpaired) electrons. The molecule has 0 aromatic heterocycles. The minimum Gasteiger partial charge on any atom is -0.385 e. The second-order valence-electron chi connectivity index (χ2n) is 4.92. The van der Waals surface area contributed by atoms with E-state index >= 15 is 0 Å². The molecule has 0 saturated carbocycles. The Morgan fingerprint density at radius 3 is 2.48 bits per heavy atom. The molecular weight excluding hydrogens is 284 g/mol. The first-order valence-corrected chi connectivity index (χ1v) is 7.39. The van der Waals surface area contributed by atoms with Gasteiger partial charge in [0.15, 0.2) is 0 Å². The van der Waals surface area contributed by atoms with Gasteiger partial charge in [0.1, 0.15) is 0 Å². The predicted octanol–water partition coefficient (Wildman–Crippen LogP) is 4.72. The van der Waals surface area contributed by atoms with Crippen LogP contribution in [0.3, 0.4) is 0 Å². The van der Waals surface area contributed by atoms with Crippen LogP contribution in [0.25, 0.3) is 0 Å². The van der Waals surface area contributed by atoms with Gasteiger partial charge in [-0.1, -0.05) is 18.5 Å². The molecule has 0 aliphatic heterocycles. The SMILES string of the molecule is CCCNc1ccc(C(=O)Nc2ccc(Cl)cc2)cc1C. The van der Waals surface area contributed by atoms with Crippen LogP contribution in [0.15, 0.2) is 42.5 Å². The van der Waals surface area contributed by atoms with Gasteiger partial charge < -0.3 is 10.6 Å². The first-order valence-electron chi connectivity index (χ1n) is 7.01. The lowest BCUT2D eigenvalue weighted by molar-refractivity contribution is 0.102. The molecule has 3 nitrogen and oxygen atoms in total. The zero-order valence-electron chi connectivity index (χ0n) is 12.2. The summed E-state index contributed by atoms with van der Waals surface area (Å²) in [6.45, 7) is 5.05. The van der Waals surface area contributed by atoms with Crippen molar-refractivity contribution >= 4 is 28.9 Å². The average Bonchev–Trinajstić information content (AvgIpc) is 2.48. The Hall–Kier alpha value is -2.00.